The van der Waals surface area contributed by atoms with Gasteiger partial charge in [0.25, 0.3) is 0 Å². The van der Waals surface area contributed by atoms with Crippen molar-refractivity contribution in [2.24, 2.45) is 0 Å². The number of carbonyl (C=O) groups is 2. The molecule has 1 aromatic carbocycles. The molecule has 0 unspecified atom stereocenters. The Balaban J connectivity index is 0. The Labute approximate surface area is 115 Å². The number of rotatable bonds is 2. The van der Waals surface area contributed by atoms with Gasteiger partial charge in [-0.05, 0) is 24.6 Å². The van der Waals surface area contributed by atoms with Crippen LogP contribution in [0.15, 0.2) is 12.1 Å². The molecule has 0 aliphatic rings. The van der Waals surface area contributed by atoms with Crippen LogP contribution in [0.1, 0.15) is 27.7 Å². The molecule has 0 saturated carbocycles. The number of aryl methyl sites for hydroxylation is 1. The number of hydrogen-bond acceptors (Lipinski definition) is 2. The maximum absolute atomic E-state index is 10.7. The Bertz CT molecular complexity index is 383. The summed E-state index contributed by atoms with van der Waals surface area (Å²) in [5.41, 5.74) is -0.0124. The van der Waals surface area contributed by atoms with Gasteiger partial charge in [-0.25, -0.2) is 9.59 Å². The fourth-order valence-electron chi connectivity index (χ4n) is 1.04. The van der Waals surface area contributed by atoms with Crippen LogP contribution in [0.2, 0.25) is 5.02 Å². The van der Waals surface area contributed by atoms with Crippen molar-refractivity contribution in [3.05, 3.63) is 33.8 Å². The zero-order valence-corrected chi connectivity index (χ0v) is 11.0. The Morgan fingerprint density at radius 2 is 1.60 bits per heavy atom. The van der Waals surface area contributed by atoms with Crippen LogP contribution in [0.5, 0.6) is 0 Å². The Kier molecular flexibility index (Phi) is 5.31. The van der Waals surface area contributed by atoms with Gasteiger partial charge in [0.15, 0.2) is 0 Å². The van der Waals surface area contributed by atoms with E-state index in [1.54, 1.807) is 6.92 Å². The summed E-state index contributed by atoms with van der Waals surface area (Å²) < 4.78 is 0. The van der Waals surface area contributed by atoms with E-state index in [2.05, 4.69) is 0 Å². The molecule has 2 N–H and O–H groups in total. The maximum Gasteiger partial charge on any atom is 1.00 e. The van der Waals surface area contributed by atoms with Crippen LogP contribution in [0.3, 0.4) is 0 Å². The van der Waals surface area contributed by atoms with Gasteiger partial charge in [0.2, 0.25) is 0 Å². The molecule has 0 saturated heterocycles. The molecule has 0 heterocycles. The van der Waals surface area contributed by atoms with Crippen molar-refractivity contribution in [1.29, 1.82) is 0 Å². The molecule has 0 fully saturated rings. The van der Waals surface area contributed by atoms with E-state index in [1.165, 1.54) is 6.07 Å². The molecule has 0 bridgehead atoms. The van der Waals surface area contributed by atoms with E-state index in [9.17, 15) is 9.59 Å². The van der Waals surface area contributed by atoms with Crippen molar-refractivity contribution in [2.75, 3.05) is 0 Å². The molecule has 4 nitrogen and oxygen atoms in total. The average molecular weight is 239 g/mol. The van der Waals surface area contributed by atoms with Crippen molar-refractivity contribution in [3.8, 4) is 0 Å². The van der Waals surface area contributed by atoms with E-state index in [0.29, 0.717) is 5.56 Å². The standard InChI is InChI=1S/C9H7ClO4.Na.H/c1-4-2-5(8(11)12)6(9(13)14)3-7(4)10;;/h2-3H,1H3,(H,11,12)(H,13,14);;/q;+1;-1. The number of benzene rings is 1. The van der Waals surface area contributed by atoms with E-state index in [4.69, 9.17) is 21.8 Å². The zero-order valence-electron chi connectivity index (χ0n) is 9.24. The van der Waals surface area contributed by atoms with Crippen LogP contribution in [0.25, 0.3) is 0 Å². The van der Waals surface area contributed by atoms with Crippen molar-refractivity contribution in [2.45, 2.75) is 6.92 Å². The maximum atomic E-state index is 10.7. The third kappa shape index (κ3) is 3.21. The van der Waals surface area contributed by atoms with Crippen molar-refractivity contribution < 1.29 is 50.8 Å². The number of aromatic carboxylic acids is 2. The molecule has 6 heteroatoms. The van der Waals surface area contributed by atoms with E-state index >= 15 is 0 Å². The zero-order chi connectivity index (χ0) is 10.9. The molecule has 1 aromatic rings. The Morgan fingerprint density at radius 3 is 2.00 bits per heavy atom. The first-order valence-electron chi connectivity index (χ1n) is 3.70. The van der Waals surface area contributed by atoms with Crippen LogP contribution >= 0.6 is 11.6 Å². The van der Waals surface area contributed by atoms with E-state index in [0.717, 1.165) is 6.07 Å². The van der Waals surface area contributed by atoms with Gasteiger partial charge < -0.3 is 11.6 Å². The normalized spacial score (nSPS) is 9.20. The third-order valence-electron chi connectivity index (χ3n) is 1.76. The molecule has 0 aromatic heterocycles. The van der Waals surface area contributed by atoms with Gasteiger partial charge in [-0.15, -0.1) is 0 Å². The second-order valence-corrected chi connectivity index (χ2v) is 3.16. The molecule has 0 atom stereocenters. The predicted molar refractivity (Wildman–Crippen MR) is 51.2 cm³/mol. The summed E-state index contributed by atoms with van der Waals surface area (Å²) >= 11 is 5.68. The van der Waals surface area contributed by atoms with Crippen LogP contribution in [0.4, 0.5) is 0 Å². The quantitative estimate of drug-likeness (QED) is 0.659. The minimum Gasteiger partial charge on any atom is -1.00 e. The van der Waals surface area contributed by atoms with Crippen LogP contribution < -0.4 is 29.6 Å². The first-order valence-corrected chi connectivity index (χ1v) is 4.08. The molecule has 15 heavy (non-hydrogen) atoms. The summed E-state index contributed by atoms with van der Waals surface area (Å²) in [7, 11) is 0. The van der Waals surface area contributed by atoms with Crippen LogP contribution in [-0.2, 0) is 0 Å². The summed E-state index contributed by atoms with van der Waals surface area (Å²) in [5, 5.41) is 17.7. The number of carboxylic acids is 2. The monoisotopic (exact) mass is 238 g/mol. The minimum atomic E-state index is -1.30. The summed E-state index contributed by atoms with van der Waals surface area (Å²) in [6.45, 7) is 1.61. The Hall–Kier alpha value is -0.550. The fourth-order valence-corrected chi connectivity index (χ4v) is 1.20. The van der Waals surface area contributed by atoms with E-state index in [-0.39, 0.29) is 47.1 Å². The van der Waals surface area contributed by atoms with Gasteiger partial charge in [-0.3, -0.25) is 0 Å². The predicted octanol–water partition coefficient (Wildman–Crippen LogP) is -0.839. The second kappa shape index (κ2) is 5.51. The van der Waals surface area contributed by atoms with Gasteiger partial charge in [-0.1, -0.05) is 11.6 Å². The van der Waals surface area contributed by atoms with Gasteiger partial charge in [0, 0.05) is 5.02 Å². The molecule has 0 aliphatic heterocycles. The summed E-state index contributed by atoms with van der Waals surface area (Å²) in [6.07, 6.45) is 0. The topological polar surface area (TPSA) is 74.6 Å². The first-order chi connectivity index (χ1) is 6.43. The van der Waals surface area contributed by atoms with E-state index in [1.807, 2.05) is 0 Å². The molecule has 0 aliphatic carbocycles. The summed E-state index contributed by atoms with van der Waals surface area (Å²) in [5.74, 6) is -2.58. The van der Waals surface area contributed by atoms with Crippen molar-refractivity contribution >= 4 is 23.5 Å². The minimum absolute atomic E-state index is 0. The van der Waals surface area contributed by atoms with Crippen molar-refractivity contribution in [1.82, 2.24) is 0 Å². The molecule has 0 radical (unpaired) electrons. The van der Waals surface area contributed by atoms with Gasteiger partial charge >= 0.3 is 41.5 Å². The first kappa shape index (κ1) is 14.5. The largest absolute Gasteiger partial charge is 1.00 e. The summed E-state index contributed by atoms with van der Waals surface area (Å²) in [6, 6.07) is 2.39. The molecule has 76 valence electrons. The van der Waals surface area contributed by atoms with E-state index < -0.39 is 11.9 Å². The number of carboxylic acid groups (broad SMARTS) is 2. The fraction of sp³-hybridized carbons (Fsp3) is 0.111. The number of halogens is 1. The van der Waals surface area contributed by atoms with Gasteiger partial charge in [0.05, 0.1) is 11.1 Å². The smallest absolute Gasteiger partial charge is 1.00 e. The molecule has 0 spiro atoms. The number of hydrogen-bond donors (Lipinski definition) is 2. The molecule has 1 rings (SSSR count). The van der Waals surface area contributed by atoms with Crippen LogP contribution in [-0.4, -0.2) is 22.2 Å². The van der Waals surface area contributed by atoms with Gasteiger partial charge in [-0.2, -0.15) is 0 Å². The SMILES string of the molecule is Cc1cc(C(=O)O)c(C(=O)O)cc1Cl.[H-].[Na+]. The Morgan fingerprint density at radius 1 is 1.20 bits per heavy atom. The second-order valence-electron chi connectivity index (χ2n) is 2.76. The van der Waals surface area contributed by atoms with Gasteiger partial charge in [0.1, 0.15) is 0 Å². The van der Waals surface area contributed by atoms with Crippen molar-refractivity contribution in [3.63, 3.8) is 0 Å². The molecular weight excluding hydrogens is 231 g/mol. The molecule has 0 amide bonds. The third-order valence-corrected chi connectivity index (χ3v) is 2.17. The average Bonchev–Trinajstić information content (AvgIpc) is 2.08. The molecular formula is C9H8ClNaO4. The summed E-state index contributed by atoms with van der Waals surface area (Å²) in [4.78, 5) is 21.4. The van der Waals surface area contributed by atoms with Crippen LogP contribution in [0, 0.1) is 6.92 Å².